The second-order valence-corrected chi connectivity index (χ2v) is 8.24. The van der Waals surface area contributed by atoms with Gasteiger partial charge in [0.25, 0.3) is 0 Å². The van der Waals surface area contributed by atoms with Crippen LogP contribution >= 0.6 is 0 Å². The van der Waals surface area contributed by atoms with Gasteiger partial charge in [-0.05, 0) is 68.5 Å². The van der Waals surface area contributed by atoms with Crippen LogP contribution in [0.4, 0.5) is 0 Å². The van der Waals surface area contributed by atoms with Gasteiger partial charge in [-0.25, -0.2) is 9.59 Å². The van der Waals surface area contributed by atoms with Gasteiger partial charge in [-0.1, -0.05) is 35.5 Å². The molecule has 0 radical (unpaired) electrons. The van der Waals surface area contributed by atoms with Crippen molar-refractivity contribution in [2.75, 3.05) is 20.2 Å². The summed E-state index contributed by atoms with van der Waals surface area (Å²) in [6, 6.07) is 16.7. The Morgan fingerprint density at radius 3 is 2.38 bits per heavy atom. The molecule has 1 saturated heterocycles. The second-order valence-electron chi connectivity index (χ2n) is 8.24. The van der Waals surface area contributed by atoms with Crippen molar-refractivity contribution in [2.24, 2.45) is 5.92 Å². The molecule has 1 aliphatic heterocycles. The van der Waals surface area contributed by atoms with Gasteiger partial charge in [0.2, 0.25) is 0 Å². The van der Waals surface area contributed by atoms with Crippen molar-refractivity contribution in [3.63, 3.8) is 0 Å². The van der Waals surface area contributed by atoms with E-state index < -0.39 is 11.9 Å². The lowest BCUT2D eigenvalue weighted by atomic mass is 9.91. The fourth-order valence-electron chi connectivity index (χ4n) is 4.03. The Kier molecular flexibility index (Phi) is 9.22. The fraction of sp³-hybridized carbons (Fsp3) is 0.346. The van der Waals surface area contributed by atoms with E-state index in [2.05, 4.69) is 40.4 Å². The lowest BCUT2D eigenvalue weighted by Crippen LogP contribution is -2.33. The van der Waals surface area contributed by atoms with Crippen LogP contribution in [0, 0.1) is 5.92 Å². The van der Waals surface area contributed by atoms with Crippen LogP contribution in [-0.2, 0) is 22.6 Å². The molecule has 180 valence electrons. The molecule has 2 aromatic carbocycles. The zero-order valence-electron chi connectivity index (χ0n) is 19.2. The van der Waals surface area contributed by atoms with Crippen molar-refractivity contribution in [3.05, 3.63) is 71.9 Å². The first kappa shape index (κ1) is 25.0. The Morgan fingerprint density at radius 2 is 1.76 bits per heavy atom. The van der Waals surface area contributed by atoms with Crippen molar-refractivity contribution in [2.45, 2.75) is 32.2 Å². The number of nitrogens with zero attached hydrogens (tertiary/aromatic N) is 2. The van der Waals surface area contributed by atoms with Crippen LogP contribution < -0.4 is 4.74 Å². The molecular weight excluding hydrogens is 436 g/mol. The van der Waals surface area contributed by atoms with Crippen LogP contribution in [0.5, 0.6) is 5.75 Å². The first-order valence-electron chi connectivity index (χ1n) is 11.3. The Hall–Kier alpha value is -3.65. The van der Waals surface area contributed by atoms with E-state index in [-0.39, 0.29) is 0 Å². The number of piperidine rings is 1. The number of carbonyl (C=O) groups is 2. The summed E-state index contributed by atoms with van der Waals surface area (Å²) in [7, 11) is 1.69. The third kappa shape index (κ3) is 7.74. The monoisotopic (exact) mass is 466 g/mol. The first-order valence-corrected chi connectivity index (χ1v) is 11.3. The third-order valence-electron chi connectivity index (χ3n) is 5.87. The average molecular weight is 467 g/mol. The summed E-state index contributed by atoms with van der Waals surface area (Å²) in [4.78, 5) is 21.7. The molecule has 0 unspecified atom stereocenters. The molecule has 0 saturated carbocycles. The number of aryl methyl sites for hydroxylation is 1. The first-order chi connectivity index (χ1) is 16.4. The summed E-state index contributed by atoms with van der Waals surface area (Å²) in [5.41, 5.74) is 3.32. The van der Waals surface area contributed by atoms with E-state index in [1.165, 1.54) is 37.9 Å². The zero-order chi connectivity index (χ0) is 24.3. The predicted octanol–water partition coefficient (Wildman–Crippen LogP) is 4.39. The van der Waals surface area contributed by atoms with Crippen molar-refractivity contribution in [1.82, 2.24) is 10.1 Å². The number of fused-ring (bicyclic) bond motifs is 1. The van der Waals surface area contributed by atoms with Gasteiger partial charge in [0.1, 0.15) is 5.75 Å². The smallest absolute Gasteiger partial charge is 0.328 e. The van der Waals surface area contributed by atoms with E-state index in [1.807, 2.05) is 18.2 Å². The number of benzene rings is 2. The van der Waals surface area contributed by atoms with Gasteiger partial charge in [-0.2, -0.15) is 0 Å². The molecule has 1 aliphatic rings. The zero-order valence-corrected chi connectivity index (χ0v) is 19.2. The maximum Gasteiger partial charge on any atom is 0.328 e. The van der Waals surface area contributed by atoms with Gasteiger partial charge < -0.3 is 19.5 Å². The fourth-order valence-corrected chi connectivity index (χ4v) is 4.03. The van der Waals surface area contributed by atoms with Gasteiger partial charge in [-0.3, -0.25) is 4.90 Å². The maximum atomic E-state index is 9.55. The van der Waals surface area contributed by atoms with Crippen molar-refractivity contribution in [1.29, 1.82) is 0 Å². The number of aromatic nitrogens is 1. The van der Waals surface area contributed by atoms with Gasteiger partial charge in [0.05, 0.1) is 12.8 Å². The summed E-state index contributed by atoms with van der Waals surface area (Å²) in [6.45, 7) is 3.45. The topological polar surface area (TPSA) is 113 Å². The third-order valence-corrected chi connectivity index (χ3v) is 5.87. The minimum absolute atomic E-state index is 0.558. The van der Waals surface area contributed by atoms with E-state index in [0.717, 1.165) is 41.3 Å². The SMILES string of the molecule is COc1ccc2onc(CCC3CCN(Cc4ccccc4)CC3)c2c1.O=C(O)/C=C\C(=O)O. The van der Waals surface area contributed by atoms with E-state index in [9.17, 15) is 9.59 Å². The molecule has 8 nitrogen and oxygen atoms in total. The number of aliphatic carboxylic acids is 2. The molecule has 0 aliphatic carbocycles. The number of carboxylic acids is 2. The van der Waals surface area contributed by atoms with Crippen LogP contribution in [-0.4, -0.2) is 52.4 Å². The molecule has 0 spiro atoms. The summed E-state index contributed by atoms with van der Waals surface area (Å²) < 4.78 is 10.8. The van der Waals surface area contributed by atoms with E-state index >= 15 is 0 Å². The van der Waals surface area contributed by atoms with E-state index in [0.29, 0.717) is 12.2 Å². The minimum atomic E-state index is -1.26. The van der Waals surface area contributed by atoms with Crippen LogP contribution in [0.15, 0.2) is 65.2 Å². The highest BCUT2D eigenvalue weighted by atomic mass is 16.5. The Labute approximate surface area is 198 Å². The summed E-state index contributed by atoms with van der Waals surface area (Å²) >= 11 is 0. The number of hydrogen-bond donors (Lipinski definition) is 2. The number of rotatable bonds is 8. The maximum absolute atomic E-state index is 9.55. The lowest BCUT2D eigenvalue weighted by Gasteiger charge is -2.31. The average Bonchev–Trinajstić information content (AvgIpc) is 3.25. The number of ether oxygens (including phenoxy) is 1. The van der Waals surface area contributed by atoms with Gasteiger partial charge in [0.15, 0.2) is 5.58 Å². The number of likely N-dealkylation sites (tertiary alicyclic amines) is 1. The highest BCUT2D eigenvalue weighted by Gasteiger charge is 2.20. The van der Waals surface area contributed by atoms with Crippen LogP contribution in [0.2, 0.25) is 0 Å². The number of methoxy groups -OCH3 is 1. The van der Waals surface area contributed by atoms with Crippen molar-refractivity contribution < 1.29 is 29.1 Å². The normalized spacial score (nSPS) is 14.6. The minimum Gasteiger partial charge on any atom is -0.497 e. The predicted molar refractivity (Wildman–Crippen MR) is 128 cm³/mol. The highest BCUT2D eigenvalue weighted by Crippen LogP contribution is 2.28. The van der Waals surface area contributed by atoms with E-state index in [4.69, 9.17) is 19.5 Å². The van der Waals surface area contributed by atoms with E-state index in [1.54, 1.807) is 7.11 Å². The van der Waals surface area contributed by atoms with Gasteiger partial charge >= 0.3 is 11.9 Å². The number of carboxylic acid groups (broad SMARTS) is 2. The molecule has 34 heavy (non-hydrogen) atoms. The van der Waals surface area contributed by atoms with Crippen molar-refractivity contribution >= 4 is 22.9 Å². The largest absolute Gasteiger partial charge is 0.497 e. The molecule has 4 rings (SSSR count). The Bertz CT molecular complexity index is 1080. The molecule has 0 bridgehead atoms. The van der Waals surface area contributed by atoms with Crippen LogP contribution in [0.1, 0.15) is 30.5 Å². The molecule has 3 aromatic rings. The summed E-state index contributed by atoms with van der Waals surface area (Å²) in [6.07, 6.45) is 5.81. The van der Waals surface area contributed by atoms with Crippen LogP contribution in [0.25, 0.3) is 11.0 Å². The van der Waals surface area contributed by atoms with Gasteiger partial charge in [-0.15, -0.1) is 0 Å². The summed E-state index contributed by atoms with van der Waals surface area (Å²) in [5, 5.41) is 21.0. The standard InChI is InChI=1S/C22H26N2O2.C4H4O4/c1-25-19-8-10-22-20(15-19)21(23-26-22)9-7-17-11-13-24(14-12-17)16-18-5-3-2-4-6-18;5-3(6)1-2-4(7)8/h2-6,8,10,15,17H,7,9,11-14,16H2,1H3;1-2H,(H,5,6)(H,7,8)/b;2-1-. The molecule has 1 aromatic heterocycles. The highest BCUT2D eigenvalue weighted by molar-refractivity contribution is 5.89. The second kappa shape index (κ2) is 12.6. The lowest BCUT2D eigenvalue weighted by molar-refractivity contribution is -0.134. The molecule has 0 atom stereocenters. The molecule has 2 heterocycles. The number of hydrogen-bond acceptors (Lipinski definition) is 6. The summed E-state index contributed by atoms with van der Waals surface area (Å²) in [5.74, 6) is -0.879. The molecule has 8 heteroatoms. The molecule has 0 amide bonds. The molecular formula is C26H30N2O6. The van der Waals surface area contributed by atoms with Gasteiger partial charge in [0, 0.05) is 24.1 Å². The Morgan fingerprint density at radius 1 is 1.09 bits per heavy atom. The molecule has 2 N–H and O–H groups in total. The Balaban J connectivity index is 0.000000350. The molecule has 1 fully saturated rings. The van der Waals surface area contributed by atoms with Crippen molar-refractivity contribution in [3.8, 4) is 5.75 Å². The quantitative estimate of drug-likeness (QED) is 0.470. The van der Waals surface area contributed by atoms with Crippen LogP contribution in [0.3, 0.4) is 0 Å².